The highest BCUT2D eigenvalue weighted by molar-refractivity contribution is 5.28. The van der Waals surface area contributed by atoms with E-state index in [-0.39, 0.29) is 0 Å². The summed E-state index contributed by atoms with van der Waals surface area (Å²) in [5.74, 6) is 0. The van der Waals surface area contributed by atoms with Crippen LogP contribution in [0.1, 0.15) is 30.5 Å². The molecular weight excluding hydrogens is 210 g/mol. The normalized spacial score (nSPS) is 26.1. The molecule has 0 spiro atoms. The summed E-state index contributed by atoms with van der Waals surface area (Å²) in [6, 6.07) is 6.81. The van der Waals surface area contributed by atoms with E-state index >= 15 is 0 Å². The fourth-order valence-corrected chi connectivity index (χ4v) is 2.83. The first-order valence-corrected chi connectivity index (χ1v) is 6.48. The van der Waals surface area contributed by atoms with Crippen molar-refractivity contribution in [3.63, 3.8) is 0 Å². The second-order valence-electron chi connectivity index (χ2n) is 5.45. The van der Waals surface area contributed by atoms with Gasteiger partial charge in [-0.05, 0) is 33.3 Å². The van der Waals surface area contributed by atoms with Gasteiger partial charge in [-0.15, -0.1) is 0 Å². The highest BCUT2D eigenvalue weighted by Gasteiger charge is 2.21. The van der Waals surface area contributed by atoms with Gasteiger partial charge >= 0.3 is 0 Å². The standard InChI is InChI=1S/C15H23NO/c1-11-5-12(2)7-15(6-11)10-16-8-13(3)17-14(4)9-16/h5-7,13-14H,8-10H2,1-4H3. The van der Waals surface area contributed by atoms with Crippen LogP contribution in [0.15, 0.2) is 18.2 Å². The Morgan fingerprint density at radius 1 is 1.06 bits per heavy atom. The van der Waals surface area contributed by atoms with Crippen LogP contribution in [0.2, 0.25) is 0 Å². The minimum Gasteiger partial charge on any atom is -0.373 e. The fourth-order valence-electron chi connectivity index (χ4n) is 2.83. The van der Waals surface area contributed by atoms with Crippen molar-refractivity contribution < 1.29 is 4.74 Å². The van der Waals surface area contributed by atoms with E-state index in [1.807, 2.05) is 0 Å². The Hall–Kier alpha value is -0.860. The molecule has 0 saturated carbocycles. The van der Waals surface area contributed by atoms with E-state index in [4.69, 9.17) is 4.74 Å². The van der Waals surface area contributed by atoms with Crippen LogP contribution in [0.5, 0.6) is 0 Å². The molecule has 0 aliphatic carbocycles. The van der Waals surface area contributed by atoms with E-state index in [9.17, 15) is 0 Å². The minimum absolute atomic E-state index is 0.352. The molecule has 17 heavy (non-hydrogen) atoms. The van der Waals surface area contributed by atoms with E-state index < -0.39 is 0 Å². The number of hydrogen-bond donors (Lipinski definition) is 0. The van der Waals surface area contributed by atoms with Crippen LogP contribution in [0.25, 0.3) is 0 Å². The van der Waals surface area contributed by atoms with Crippen LogP contribution in [0.4, 0.5) is 0 Å². The second-order valence-corrected chi connectivity index (χ2v) is 5.45. The molecule has 0 radical (unpaired) electrons. The maximum atomic E-state index is 5.76. The lowest BCUT2D eigenvalue weighted by molar-refractivity contribution is -0.0704. The van der Waals surface area contributed by atoms with Crippen LogP contribution in [0, 0.1) is 13.8 Å². The van der Waals surface area contributed by atoms with Gasteiger partial charge in [-0.2, -0.15) is 0 Å². The molecule has 94 valence electrons. The first kappa shape index (κ1) is 12.6. The van der Waals surface area contributed by atoms with Crippen molar-refractivity contribution in [1.82, 2.24) is 4.90 Å². The molecule has 0 aromatic heterocycles. The monoisotopic (exact) mass is 233 g/mol. The van der Waals surface area contributed by atoms with E-state index in [0.29, 0.717) is 12.2 Å². The third kappa shape index (κ3) is 3.55. The number of aryl methyl sites for hydroxylation is 2. The largest absolute Gasteiger partial charge is 0.373 e. The molecular formula is C15H23NO. The van der Waals surface area contributed by atoms with Gasteiger partial charge in [0.05, 0.1) is 12.2 Å². The average Bonchev–Trinajstić information content (AvgIpc) is 2.13. The fraction of sp³-hybridized carbons (Fsp3) is 0.600. The molecule has 0 N–H and O–H groups in total. The zero-order chi connectivity index (χ0) is 12.4. The first-order chi connectivity index (χ1) is 8.02. The van der Waals surface area contributed by atoms with Gasteiger partial charge in [-0.1, -0.05) is 29.3 Å². The lowest BCUT2D eigenvalue weighted by Gasteiger charge is -2.35. The van der Waals surface area contributed by atoms with Crippen molar-refractivity contribution in [3.8, 4) is 0 Å². The Morgan fingerprint density at radius 2 is 1.59 bits per heavy atom. The summed E-state index contributed by atoms with van der Waals surface area (Å²) in [7, 11) is 0. The van der Waals surface area contributed by atoms with Crippen molar-refractivity contribution in [2.75, 3.05) is 13.1 Å². The lowest BCUT2D eigenvalue weighted by Crippen LogP contribution is -2.44. The predicted octanol–water partition coefficient (Wildman–Crippen LogP) is 2.91. The van der Waals surface area contributed by atoms with Crippen molar-refractivity contribution in [2.24, 2.45) is 0 Å². The van der Waals surface area contributed by atoms with Crippen LogP contribution < -0.4 is 0 Å². The molecule has 1 heterocycles. The molecule has 1 fully saturated rings. The van der Waals surface area contributed by atoms with Crippen LogP contribution in [-0.2, 0) is 11.3 Å². The average molecular weight is 233 g/mol. The minimum atomic E-state index is 0.352. The second kappa shape index (κ2) is 5.19. The van der Waals surface area contributed by atoms with Gasteiger partial charge in [0.15, 0.2) is 0 Å². The van der Waals surface area contributed by atoms with Crippen LogP contribution in [0.3, 0.4) is 0 Å². The molecule has 2 unspecified atom stereocenters. The third-order valence-electron chi connectivity index (χ3n) is 3.18. The molecule has 2 atom stereocenters. The molecule has 1 aromatic carbocycles. The molecule has 2 rings (SSSR count). The van der Waals surface area contributed by atoms with Crippen molar-refractivity contribution in [1.29, 1.82) is 0 Å². The molecule has 1 saturated heterocycles. The summed E-state index contributed by atoms with van der Waals surface area (Å²) in [5, 5.41) is 0. The van der Waals surface area contributed by atoms with Gasteiger partial charge in [0.2, 0.25) is 0 Å². The SMILES string of the molecule is Cc1cc(C)cc(CN2CC(C)OC(C)C2)c1. The Bertz CT molecular complexity index is 358. The van der Waals surface area contributed by atoms with Gasteiger partial charge in [0, 0.05) is 19.6 Å². The molecule has 0 bridgehead atoms. The topological polar surface area (TPSA) is 12.5 Å². The van der Waals surface area contributed by atoms with E-state index in [1.54, 1.807) is 0 Å². The Balaban J connectivity index is 2.04. The molecule has 0 amide bonds. The third-order valence-corrected chi connectivity index (χ3v) is 3.18. The van der Waals surface area contributed by atoms with Crippen molar-refractivity contribution in [2.45, 2.75) is 46.4 Å². The zero-order valence-corrected chi connectivity index (χ0v) is 11.4. The number of ether oxygens (including phenoxy) is 1. The summed E-state index contributed by atoms with van der Waals surface area (Å²) < 4.78 is 5.76. The summed E-state index contributed by atoms with van der Waals surface area (Å²) in [6.45, 7) is 11.8. The molecule has 1 aliphatic heterocycles. The maximum absolute atomic E-state index is 5.76. The number of hydrogen-bond acceptors (Lipinski definition) is 2. The van der Waals surface area contributed by atoms with Crippen molar-refractivity contribution >= 4 is 0 Å². The highest BCUT2D eigenvalue weighted by atomic mass is 16.5. The number of morpholine rings is 1. The zero-order valence-electron chi connectivity index (χ0n) is 11.4. The number of rotatable bonds is 2. The van der Waals surface area contributed by atoms with Gasteiger partial charge < -0.3 is 4.74 Å². The molecule has 1 aliphatic rings. The maximum Gasteiger partial charge on any atom is 0.0678 e. The van der Waals surface area contributed by atoms with Gasteiger partial charge in [-0.25, -0.2) is 0 Å². The number of nitrogens with zero attached hydrogens (tertiary/aromatic N) is 1. The summed E-state index contributed by atoms with van der Waals surface area (Å²) in [6.07, 6.45) is 0.703. The molecule has 2 nitrogen and oxygen atoms in total. The number of benzene rings is 1. The molecule has 2 heteroatoms. The van der Waals surface area contributed by atoms with Crippen LogP contribution >= 0.6 is 0 Å². The van der Waals surface area contributed by atoms with Gasteiger partial charge in [-0.3, -0.25) is 4.90 Å². The smallest absolute Gasteiger partial charge is 0.0678 e. The summed E-state index contributed by atoms with van der Waals surface area (Å²) in [5.41, 5.74) is 4.13. The van der Waals surface area contributed by atoms with E-state index in [0.717, 1.165) is 19.6 Å². The Labute approximate surface area is 105 Å². The van der Waals surface area contributed by atoms with Gasteiger partial charge in [0.1, 0.15) is 0 Å². The summed E-state index contributed by atoms with van der Waals surface area (Å²) >= 11 is 0. The Kier molecular flexibility index (Phi) is 3.85. The summed E-state index contributed by atoms with van der Waals surface area (Å²) in [4.78, 5) is 2.49. The highest BCUT2D eigenvalue weighted by Crippen LogP contribution is 2.16. The van der Waals surface area contributed by atoms with E-state index in [1.165, 1.54) is 16.7 Å². The lowest BCUT2D eigenvalue weighted by atomic mass is 10.1. The van der Waals surface area contributed by atoms with Crippen LogP contribution in [-0.4, -0.2) is 30.2 Å². The molecule has 1 aromatic rings. The predicted molar refractivity (Wildman–Crippen MR) is 71.2 cm³/mol. The first-order valence-electron chi connectivity index (χ1n) is 6.48. The van der Waals surface area contributed by atoms with Crippen molar-refractivity contribution in [3.05, 3.63) is 34.9 Å². The quantitative estimate of drug-likeness (QED) is 0.779. The van der Waals surface area contributed by atoms with E-state index in [2.05, 4.69) is 50.8 Å². The van der Waals surface area contributed by atoms with Gasteiger partial charge in [0.25, 0.3) is 0 Å². The Morgan fingerprint density at radius 3 is 2.12 bits per heavy atom.